The van der Waals surface area contributed by atoms with Crippen molar-refractivity contribution in [2.24, 2.45) is 0 Å². The molecule has 1 aliphatic rings. The first-order valence-electron chi connectivity index (χ1n) is 10.8. The number of aliphatic hydroxyl groups is 1. The topological polar surface area (TPSA) is 46.5 Å². The maximum atomic E-state index is 13.0. The van der Waals surface area contributed by atoms with Gasteiger partial charge in [0.2, 0.25) is 0 Å². The fourth-order valence-corrected chi connectivity index (χ4v) is 4.93. The zero-order chi connectivity index (χ0) is 24.2. The van der Waals surface area contributed by atoms with Gasteiger partial charge < -0.3 is 9.84 Å². The third-order valence-electron chi connectivity index (χ3n) is 5.79. The minimum absolute atomic E-state index is 0.0312. The maximum Gasteiger partial charge on any atom is 0.416 e. The number of esters is 1. The predicted molar refractivity (Wildman–Crippen MR) is 126 cm³/mol. The van der Waals surface area contributed by atoms with Crippen molar-refractivity contribution in [2.75, 3.05) is 0 Å². The van der Waals surface area contributed by atoms with E-state index in [0.717, 1.165) is 35.0 Å². The summed E-state index contributed by atoms with van der Waals surface area (Å²) in [7, 11) is 0. The Morgan fingerprint density at radius 1 is 0.912 bits per heavy atom. The van der Waals surface area contributed by atoms with Crippen LogP contribution in [0.2, 0.25) is 0 Å². The maximum absolute atomic E-state index is 13.0. The molecule has 1 unspecified atom stereocenters. The van der Waals surface area contributed by atoms with Crippen LogP contribution < -0.4 is 0 Å². The fraction of sp³-hybridized carbons (Fsp3) is 0.222. The van der Waals surface area contributed by atoms with Crippen molar-refractivity contribution < 1.29 is 27.8 Å². The minimum Gasteiger partial charge on any atom is -0.511 e. The Bertz CT molecular complexity index is 1180. The molecule has 0 aliphatic carbocycles. The second-order valence-electron chi connectivity index (χ2n) is 8.17. The second-order valence-corrected chi connectivity index (χ2v) is 9.16. The van der Waals surface area contributed by atoms with Crippen molar-refractivity contribution in [2.45, 2.75) is 36.8 Å². The molecule has 1 heterocycles. The highest BCUT2D eigenvalue weighted by molar-refractivity contribution is 8.03. The smallest absolute Gasteiger partial charge is 0.416 e. The summed E-state index contributed by atoms with van der Waals surface area (Å²) < 4.78 is 45.0. The van der Waals surface area contributed by atoms with Gasteiger partial charge in [-0.1, -0.05) is 78.9 Å². The molecule has 1 aliphatic heterocycles. The van der Waals surface area contributed by atoms with Gasteiger partial charge in [0.05, 0.1) is 12.0 Å². The molecule has 3 nitrogen and oxygen atoms in total. The number of ether oxygens (including phenoxy) is 1. The van der Waals surface area contributed by atoms with E-state index in [1.54, 1.807) is 6.07 Å². The van der Waals surface area contributed by atoms with Crippen molar-refractivity contribution in [1.82, 2.24) is 0 Å². The van der Waals surface area contributed by atoms with Gasteiger partial charge in [-0.2, -0.15) is 13.2 Å². The molecule has 4 rings (SSSR count). The Labute approximate surface area is 200 Å². The monoisotopic (exact) mass is 484 g/mol. The van der Waals surface area contributed by atoms with Crippen LogP contribution in [0.3, 0.4) is 0 Å². The lowest BCUT2D eigenvalue weighted by molar-refractivity contribution is -0.160. The summed E-state index contributed by atoms with van der Waals surface area (Å²) in [6.07, 6.45) is -3.23. The number of alkyl halides is 3. The summed E-state index contributed by atoms with van der Waals surface area (Å²) in [5, 5.41) is 10.9. The highest BCUT2D eigenvalue weighted by Crippen LogP contribution is 2.44. The molecule has 0 saturated carbocycles. The third-order valence-corrected chi connectivity index (χ3v) is 6.95. The molecular weight excluding hydrogens is 461 g/mol. The standard InChI is InChI=1S/C27H23F3O3S/c28-27(29,30)22-13-7-10-20(16-22)18-34-24-23(31)17-26(33-25(24)32,21-11-5-2-6-12-21)15-14-19-8-3-1-4-9-19/h1-13,16,31H,14-15,17-18H2. The number of aliphatic hydroxyl groups excluding tert-OH is 1. The van der Waals surface area contributed by atoms with Crippen molar-refractivity contribution in [1.29, 1.82) is 0 Å². The summed E-state index contributed by atoms with van der Waals surface area (Å²) in [5.41, 5.74) is 0.490. The molecule has 0 radical (unpaired) electrons. The average molecular weight is 485 g/mol. The molecule has 34 heavy (non-hydrogen) atoms. The van der Waals surface area contributed by atoms with Crippen molar-refractivity contribution >= 4 is 17.7 Å². The molecule has 0 amide bonds. The first-order chi connectivity index (χ1) is 16.3. The van der Waals surface area contributed by atoms with E-state index in [1.165, 1.54) is 6.07 Å². The lowest BCUT2D eigenvalue weighted by Crippen LogP contribution is -2.38. The molecule has 176 valence electrons. The van der Waals surface area contributed by atoms with Gasteiger partial charge in [0.1, 0.15) is 16.3 Å². The van der Waals surface area contributed by atoms with Crippen molar-refractivity contribution in [3.05, 3.63) is 118 Å². The largest absolute Gasteiger partial charge is 0.511 e. The first-order valence-corrected chi connectivity index (χ1v) is 11.8. The van der Waals surface area contributed by atoms with Crippen molar-refractivity contribution in [3.63, 3.8) is 0 Å². The van der Waals surface area contributed by atoms with Crippen LogP contribution in [-0.4, -0.2) is 11.1 Å². The number of benzene rings is 3. The van der Waals surface area contributed by atoms with Gasteiger partial charge in [-0.05, 0) is 35.6 Å². The molecule has 7 heteroatoms. The molecule has 3 aromatic rings. The minimum atomic E-state index is -4.44. The highest BCUT2D eigenvalue weighted by Gasteiger charge is 2.43. The number of thioether (sulfide) groups is 1. The molecule has 0 bridgehead atoms. The van der Waals surface area contributed by atoms with Gasteiger partial charge in [-0.25, -0.2) is 4.79 Å². The van der Waals surface area contributed by atoms with Crippen LogP contribution in [0.15, 0.2) is 95.6 Å². The highest BCUT2D eigenvalue weighted by atomic mass is 32.2. The molecule has 1 atom stereocenters. The van der Waals surface area contributed by atoms with Crippen LogP contribution in [0.1, 0.15) is 35.1 Å². The van der Waals surface area contributed by atoms with Crippen LogP contribution >= 0.6 is 11.8 Å². The molecule has 3 aromatic carbocycles. The number of carbonyl (C=O) groups is 1. The van der Waals surface area contributed by atoms with Crippen LogP contribution in [0.4, 0.5) is 13.2 Å². The Balaban J connectivity index is 1.56. The number of hydrogen-bond acceptors (Lipinski definition) is 4. The third kappa shape index (κ3) is 5.47. The average Bonchev–Trinajstić information content (AvgIpc) is 2.83. The summed E-state index contributed by atoms with van der Waals surface area (Å²) in [4.78, 5) is 13.0. The summed E-state index contributed by atoms with van der Waals surface area (Å²) in [5.74, 6) is -0.677. The number of rotatable bonds is 7. The van der Waals surface area contributed by atoms with Crippen LogP contribution in [0.25, 0.3) is 0 Å². The van der Waals surface area contributed by atoms with E-state index in [4.69, 9.17) is 4.74 Å². The number of aryl methyl sites for hydroxylation is 1. The van der Waals surface area contributed by atoms with E-state index in [1.807, 2.05) is 60.7 Å². The van der Waals surface area contributed by atoms with Gasteiger partial charge in [0.25, 0.3) is 0 Å². The van der Waals surface area contributed by atoms with E-state index < -0.39 is 23.3 Å². The van der Waals surface area contributed by atoms with Gasteiger partial charge in [-0.3, -0.25) is 0 Å². The summed E-state index contributed by atoms with van der Waals surface area (Å²) >= 11 is 0.984. The molecule has 0 saturated heterocycles. The summed E-state index contributed by atoms with van der Waals surface area (Å²) in [6, 6.07) is 24.0. The number of cyclic esters (lactones) is 1. The van der Waals surface area contributed by atoms with Crippen LogP contribution in [0, 0.1) is 0 Å². The Morgan fingerprint density at radius 2 is 1.56 bits per heavy atom. The van der Waals surface area contributed by atoms with Gasteiger partial charge in [-0.15, -0.1) is 11.8 Å². The van der Waals surface area contributed by atoms with Crippen LogP contribution in [-0.2, 0) is 33.5 Å². The molecular formula is C27H23F3O3S. The Kier molecular flexibility index (Phi) is 7.03. The van der Waals surface area contributed by atoms with Gasteiger partial charge in [0.15, 0.2) is 0 Å². The Hall–Kier alpha value is -3.19. The number of hydrogen-bond donors (Lipinski definition) is 1. The molecule has 0 aromatic heterocycles. The van der Waals surface area contributed by atoms with Gasteiger partial charge >= 0.3 is 12.1 Å². The zero-order valence-corrected chi connectivity index (χ0v) is 19.0. The predicted octanol–water partition coefficient (Wildman–Crippen LogP) is 7.18. The zero-order valence-electron chi connectivity index (χ0n) is 18.2. The van der Waals surface area contributed by atoms with E-state index in [2.05, 4.69) is 0 Å². The second kappa shape index (κ2) is 9.97. The molecule has 0 fully saturated rings. The molecule has 1 N–H and O–H groups in total. The normalized spacial score (nSPS) is 18.6. The van der Waals surface area contributed by atoms with Crippen LogP contribution in [0.5, 0.6) is 0 Å². The summed E-state index contributed by atoms with van der Waals surface area (Å²) in [6.45, 7) is 0. The fourth-order valence-electron chi connectivity index (χ4n) is 4.04. The Morgan fingerprint density at radius 3 is 2.21 bits per heavy atom. The SMILES string of the molecule is O=C1OC(CCc2ccccc2)(c2ccccc2)CC(O)=C1SCc1cccc(C(F)(F)F)c1. The first kappa shape index (κ1) is 24.0. The van der Waals surface area contributed by atoms with E-state index in [9.17, 15) is 23.1 Å². The van der Waals surface area contributed by atoms with E-state index in [0.29, 0.717) is 18.4 Å². The van der Waals surface area contributed by atoms with E-state index in [-0.39, 0.29) is 22.8 Å². The van der Waals surface area contributed by atoms with Crippen molar-refractivity contribution in [3.8, 4) is 0 Å². The molecule has 0 spiro atoms. The lowest BCUT2D eigenvalue weighted by Gasteiger charge is -2.37. The quantitative estimate of drug-likeness (QED) is 0.361. The number of carbonyl (C=O) groups excluding carboxylic acids is 1. The number of halogens is 3. The lowest BCUT2D eigenvalue weighted by atomic mass is 9.82. The van der Waals surface area contributed by atoms with E-state index >= 15 is 0 Å². The van der Waals surface area contributed by atoms with Gasteiger partial charge in [0, 0.05) is 5.75 Å².